The van der Waals surface area contributed by atoms with Gasteiger partial charge in [-0.15, -0.1) is 0 Å². The molecule has 0 bridgehead atoms. The summed E-state index contributed by atoms with van der Waals surface area (Å²) in [5.41, 5.74) is 12.5. The first-order valence-corrected chi connectivity index (χ1v) is 19.5. The largest absolute Gasteiger partial charge is 0.338 e. The zero-order valence-corrected chi connectivity index (χ0v) is 31.4. The molecule has 0 saturated heterocycles. The van der Waals surface area contributed by atoms with Crippen LogP contribution in [0.3, 0.4) is 0 Å². The van der Waals surface area contributed by atoms with Gasteiger partial charge < -0.3 is 19.8 Å². The van der Waals surface area contributed by atoms with Gasteiger partial charge in [0.1, 0.15) is 11.6 Å². The number of hydrogen-bond acceptors (Lipinski definition) is 4. The summed E-state index contributed by atoms with van der Waals surface area (Å²) in [6.45, 7) is 0. The molecule has 11 rings (SSSR count). The Hall–Kier alpha value is -7.96. The predicted molar refractivity (Wildman–Crippen MR) is 241 cm³/mol. The summed E-state index contributed by atoms with van der Waals surface area (Å²) in [6, 6.07) is 72.7. The first kappa shape index (κ1) is 33.4. The molecule has 2 aromatic heterocycles. The zero-order chi connectivity index (χ0) is 38.4. The van der Waals surface area contributed by atoms with Gasteiger partial charge in [-0.2, -0.15) is 0 Å². The predicted octanol–water partition coefficient (Wildman–Crippen LogP) is 14.0. The number of nitrogens with one attached hydrogen (secondary N) is 2. The highest BCUT2D eigenvalue weighted by Crippen LogP contribution is 2.51. The molecule has 0 unspecified atom stereocenters. The van der Waals surface area contributed by atoms with E-state index in [2.05, 4.69) is 190 Å². The van der Waals surface area contributed by atoms with Gasteiger partial charge in [0.2, 0.25) is 0 Å². The number of fused-ring (bicyclic) bond motifs is 4. The van der Waals surface area contributed by atoms with Gasteiger partial charge in [-0.1, -0.05) is 109 Å². The fourth-order valence-electron chi connectivity index (χ4n) is 8.25. The number of imidazole rings is 2. The van der Waals surface area contributed by atoms with E-state index in [1.165, 1.54) is 0 Å². The zero-order valence-electron chi connectivity index (χ0n) is 31.4. The SMILES string of the molecule is c1ccc(N(c2ccccc2)c2c3ccccc3c(N(c3ccc(-c4nc5ccccc5[nH]4)cc3)c3ccc(-c4nc5ccccc5[nH]4)cc3)c3ccccc23)cc1. The minimum Gasteiger partial charge on any atom is -0.338 e. The summed E-state index contributed by atoms with van der Waals surface area (Å²) in [5, 5.41) is 4.56. The van der Waals surface area contributed by atoms with Crippen molar-refractivity contribution in [2.75, 3.05) is 9.80 Å². The molecule has 0 amide bonds. The van der Waals surface area contributed by atoms with E-state index in [4.69, 9.17) is 9.97 Å². The van der Waals surface area contributed by atoms with Crippen LogP contribution in [0.5, 0.6) is 0 Å². The molecule has 0 spiro atoms. The second-order valence-electron chi connectivity index (χ2n) is 14.4. The van der Waals surface area contributed by atoms with Crippen LogP contribution in [0.15, 0.2) is 206 Å². The van der Waals surface area contributed by atoms with E-state index >= 15 is 0 Å². The second-order valence-corrected chi connectivity index (χ2v) is 14.4. The van der Waals surface area contributed by atoms with Crippen LogP contribution < -0.4 is 9.80 Å². The highest BCUT2D eigenvalue weighted by Gasteiger charge is 2.25. The third kappa shape index (κ3) is 5.74. The molecular weight excluding hydrogens is 709 g/mol. The molecule has 58 heavy (non-hydrogen) atoms. The fraction of sp³-hybridized carbons (Fsp3) is 0. The number of benzene rings is 9. The summed E-state index contributed by atoms with van der Waals surface area (Å²) in [5.74, 6) is 1.69. The molecule has 0 fully saturated rings. The summed E-state index contributed by atoms with van der Waals surface area (Å²) in [4.78, 5) is 21.6. The molecule has 0 radical (unpaired) electrons. The quantitative estimate of drug-likeness (QED) is 0.120. The average molecular weight is 745 g/mol. The van der Waals surface area contributed by atoms with Crippen LogP contribution in [0.4, 0.5) is 34.1 Å². The number of hydrogen-bond donors (Lipinski definition) is 2. The van der Waals surface area contributed by atoms with Gasteiger partial charge in [0.15, 0.2) is 0 Å². The Bertz CT molecular complexity index is 2940. The van der Waals surface area contributed by atoms with E-state index < -0.39 is 0 Å². The Labute approximate surface area is 335 Å². The van der Waals surface area contributed by atoms with Crippen molar-refractivity contribution >= 4 is 77.7 Å². The lowest BCUT2D eigenvalue weighted by atomic mass is 9.95. The van der Waals surface area contributed by atoms with Crippen molar-refractivity contribution in [3.05, 3.63) is 206 Å². The Morgan fingerprint density at radius 2 is 0.603 bits per heavy atom. The lowest BCUT2D eigenvalue weighted by Gasteiger charge is -2.33. The van der Waals surface area contributed by atoms with Crippen molar-refractivity contribution in [3.63, 3.8) is 0 Å². The van der Waals surface area contributed by atoms with E-state index in [-0.39, 0.29) is 0 Å². The molecule has 0 aliphatic rings. The van der Waals surface area contributed by atoms with Gasteiger partial charge in [-0.05, 0) is 97.1 Å². The van der Waals surface area contributed by atoms with Crippen LogP contribution in [-0.2, 0) is 0 Å². The molecule has 0 aliphatic heterocycles. The minimum atomic E-state index is 0.844. The maximum Gasteiger partial charge on any atom is 0.138 e. The van der Waals surface area contributed by atoms with Gasteiger partial charge in [-0.3, -0.25) is 0 Å². The third-order valence-electron chi connectivity index (χ3n) is 10.9. The molecule has 2 N–H and O–H groups in total. The van der Waals surface area contributed by atoms with E-state index in [1.54, 1.807) is 0 Å². The standard InChI is InChI=1S/C52H36N6/c1-3-15-37(16-4-1)57(38-17-5-2-6-18-38)49-41-19-7-9-21-43(41)50(44-22-10-8-20-42(44)49)58(39-31-27-35(28-32-39)51-53-45-23-11-12-24-46(45)54-51)40-33-29-36(30-34-40)52-55-47-25-13-14-26-48(47)56-52/h1-34H,(H,53,54)(H,55,56). The lowest BCUT2D eigenvalue weighted by molar-refractivity contribution is 1.28. The molecule has 9 aromatic carbocycles. The molecule has 6 heteroatoms. The van der Waals surface area contributed by atoms with Crippen LogP contribution in [0, 0.1) is 0 Å². The summed E-state index contributed by atoms with van der Waals surface area (Å²) >= 11 is 0. The van der Waals surface area contributed by atoms with Crippen molar-refractivity contribution in [1.82, 2.24) is 19.9 Å². The highest BCUT2D eigenvalue weighted by atomic mass is 15.2. The average Bonchev–Trinajstić information content (AvgIpc) is 3.94. The van der Waals surface area contributed by atoms with Crippen molar-refractivity contribution in [3.8, 4) is 22.8 Å². The molecule has 0 aliphatic carbocycles. The normalized spacial score (nSPS) is 11.4. The van der Waals surface area contributed by atoms with Crippen molar-refractivity contribution < 1.29 is 0 Å². The van der Waals surface area contributed by atoms with Gasteiger partial charge in [0.05, 0.1) is 33.4 Å². The number of rotatable bonds is 8. The molecule has 2 heterocycles. The van der Waals surface area contributed by atoms with Crippen LogP contribution in [0.2, 0.25) is 0 Å². The number of aromatic nitrogens is 4. The number of para-hydroxylation sites is 6. The first-order valence-electron chi connectivity index (χ1n) is 19.5. The molecular formula is C52H36N6. The number of nitrogens with zero attached hydrogens (tertiary/aromatic N) is 4. The van der Waals surface area contributed by atoms with E-state index in [9.17, 15) is 0 Å². The van der Waals surface area contributed by atoms with E-state index in [0.29, 0.717) is 0 Å². The summed E-state index contributed by atoms with van der Waals surface area (Å²) < 4.78 is 0. The summed E-state index contributed by atoms with van der Waals surface area (Å²) in [6.07, 6.45) is 0. The lowest BCUT2D eigenvalue weighted by Crippen LogP contribution is -2.14. The Balaban J connectivity index is 1.14. The van der Waals surface area contributed by atoms with Gasteiger partial charge >= 0.3 is 0 Å². The summed E-state index contributed by atoms with van der Waals surface area (Å²) in [7, 11) is 0. The first-order chi connectivity index (χ1) is 28.8. The maximum absolute atomic E-state index is 4.90. The van der Waals surface area contributed by atoms with Crippen LogP contribution >= 0.6 is 0 Å². The van der Waals surface area contributed by atoms with Crippen molar-refractivity contribution in [2.24, 2.45) is 0 Å². The minimum absolute atomic E-state index is 0.844. The molecule has 11 aromatic rings. The van der Waals surface area contributed by atoms with Gasteiger partial charge in [0.25, 0.3) is 0 Å². The third-order valence-corrected chi connectivity index (χ3v) is 10.9. The van der Waals surface area contributed by atoms with Gasteiger partial charge in [0, 0.05) is 55.4 Å². The van der Waals surface area contributed by atoms with Crippen molar-refractivity contribution in [1.29, 1.82) is 0 Å². The number of H-pyrrole nitrogens is 2. The number of anilines is 6. The smallest absolute Gasteiger partial charge is 0.138 e. The Kier molecular flexibility index (Phi) is 8.04. The Morgan fingerprint density at radius 1 is 0.293 bits per heavy atom. The van der Waals surface area contributed by atoms with E-state index in [1.807, 2.05) is 36.4 Å². The molecule has 0 saturated carbocycles. The van der Waals surface area contributed by atoms with Crippen LogP contribution in [0.1, 0.15) is 0 Å². The fourth-order valence-corrected chi connectivity index (χ4v) is 8.25. The molecule has 0 atom stereocenters. The van der Waals surface area contributed by atoms with E-state index in [0.717, 1.165) is 101 Å². The highest BCUT2D eigenvalue weighted by molar-refractivity contribution is 6.23. The van der Waals surface area contributed by atoms with Crippen LogP contribution in [0.25, 0.3) is 66.4 Å². The van der Waals surface area contributed by atoms with Crippen molar-refractivity contribution in [2.45, 2.75) is 0 Å². The van der Waals surface area contributed by atoms with Crippen LogP contribution in [-0.4, -0.2) is 19.9 Å². The number of aromatic amines is 2. The monoisotopic (exact) mass is 744 g/mol. The maximum atomic E-state index is 4.90. The topological polar surface area (TPSA) is 63.8 Å². The van der Waals surface area contributed by atoms with Gasteiger partial charge in [-0.25, -0.2) is 9.97 Å². The molecule has 6 nitrogen and oxygen atoms in total. The molecule has 274 valence electrons. The second kappa shape index (κ2) is 14.0. The Morgan fingerprint density at radius 3 is 0.966 bits per heavy atom.